The van der Waals surface area contributed by atoms with E-state index >= 15 is 0 Å². The summed E-state index contributed by atoms with van der Waals surface area (Å²) in [6.07, 6.45) is 5.65. The first-order valence-corrected chi connectivity index (χ1v) is 8.88. The summed E-state index contributed by atoms with van der Waals surface area (Å²) in [5.74, 6) is -0.828. The highest BCUT2D eigenvalue weighted by molar-refractivity contribution is 7.78. The van der Waals surface area contributed by atoms with Gasteiger partial charge in [0.2, 0.25) is 0 Å². The largest absolute Gasteiger partial charge is 0.480 e. The molecule has 2 atom stereocenters. The van der Waals surface area contributed by atoms with Crippen molar-refractivity contribution >= 4 is 24.7 Å². The summed E-state index contributed by atoms with van der Waals surface area (Å²) in [5.41, 5.74) is -1.45. The Balaban J connectivity index is 2.91. The van der Waals surface area contributed by atoms with E-state index in [0.29, 0.717) is 18.3 Å². The van der Waals surface area contributed by atoms with Crippen LogP contribution in [0.5, 0.6) is 0 Å². The summed E-state index contributed by atoms with van der Waals surface area (Å²) in [5, 5.41) is 9.81. The van der Waals surface area contributed by atoms with Gasteiger partial charge in [0.15, 0.2) is 5.41 Å². The molecule has 134 valence electrons. The van der Waals surface area contributed by atoms with Crippen LogP contribution in [0.3, 0.4) is 0 Å². The number of rotatable bonds is 10. The van der Waals surface area contributed by atoms with Crippen molar-refractivity contribution in [1.82, 2.24) is 9.71 Å². The van der Waals surface area contributed by atoms with E-state index in [-0.39, 0.29) is 12.1 Å². The number of thiol groups is 1. The first-order chi connectivity index (χ1) is 11.3. The maximum absolute atomic E-state index is 12.4. The van der Waals surface area contributed by atoms with Crippen LogP contribution in [0.15, 0.2) is 24.4 Å². The van der Waals surface area contributed by atoms with Crippen molar-refractivity contribution in [2.75, 3.05) is 0 Å². The first kappa shape index (κ1) is 20.5. The van der Waals surface area contributed by atoms with Crippen LogP contribution in [0.2, 0.25) is 0 Å². The Bertz CT molecular complexity index is 536. The zero-order valence-electron chi connectivity index (χ0n) is 14.7. The third-order valence-corrected chi connectivity index (χ3v) is 4.65. The van der Waals surface area contributed by atoms with Crippen molar-refractivity contribution in [2.24, 2.45) is 11.8 Å². The molecule has 2 unspecified atom stereocenters. The number of nitrogens with zero attached hydrogens (tertiary/aromatic N) is 1. The Kier molecular flexibility index (Phi) is 8.25. The molecule has 1 amide bonds. The highest BCUT2D eigenvalue weighted by Gasteiger charge is 2.48. The highest BCUT2D eigenvalue weighted by atomic mass is 32.1. The van der Waals surface area contributed by atoms with Crippen LogP contribution in [-0.2, 0) is 15.0 Å². The molecule has 0 spiro atoms. The van der Waals surface area contributed by atoms with E-state index in [9.17, 15) is 14.7 Å². The molecule has 0 radical (unpaired) electrons. The van der Waals surface area contributed by atoms with Crippen LogP contribution >= 0.6 is 12.8 Å². The molecule has 0 bridgehead atoms. The number of pyridine rings is 1. The molecule has 0 saturated carbocycles. The number of aromatic nitrogens is 1. The third kappa shape index (κ3) is 5.23. The van der Waals surface area contributed by atoms with Crippen molar-refractivity contribution in [1.29, 1.82) is 0 Å². The lowest BCUT2D eigenvalue weighted by Gasteiger charge is -2.28. The molecular weight excluding hydrogens is 324 g/mol. The molecule has 0 saturated heterocycles. The van der Waals surface area contributed by atoms with E-state index in [1.165, 1.54) is 6.20 Å². The molecule has 0 aliphatic carbocycles. The summed E-state index contributed by atoms with van der Waals surface area (Å²) in [7, 11) is 0. The van der Waals surface area contributed by atoms with Crippen LogP contribution in [-0.4, -0.2) is 22.0 Å². The monoisotopic (exact) mass is 352 g/mol. The minimum atomic E-state index is -1.70. The molecular formula is C18H28N2O3S. The summed E-state index contributed by atoms with van der Waals surface area (Å²) in [6, 6.07) is 4.97. The standard InChI is InChI=1S/C18H28N2O3S/c1-13(2)7-6-8-14(3)10-11-18(17(22)23,16(21)20-24)15-9-4-5-12-19-15/h4-5,9,12-14,24H,6-8,10-11H2,1-3H3,(H,20,21)(H,22,23). The lowest BCUT2D eigenvalue weighted by molar-refractivity contribution is -0.149. The van der Waals surface area contributed by atoms with Gasteiger partial charge in [-0.2, -0.15) is 0 Å². The Morgan fingerprint density at radius 2 is 1.96 bits per heavy atom. The van der Waals surface area contributed by atoms with Gasteiger partial charge in [0, 0.05) is 6.20 Å². The van der Waals surface area contributed by atoms with Crippen LogP contribution in [0.25, 0.3) is 0 Å². The van der Waals surface area contributed by atoms with Gasteiger partial charge >= 0.3 is 5.97 Å². The fourth-order valence-corrected chi connectivity index (χ4v) is 3.05. The van der Waals surface area contributed by atoms with E-state index in [2.05, 4.69) is 43.3 Å². The molecule has 0 aromatic carbocycles. The van der Waals surface area contributed by atoms with Gasteiger partial charge < -0.3 is 9.83 Å². The van der Waals surface area contributed by atoms with Gasteiger partial charge in [-0.15, -0.1) is 0 Å². The first-order valence-electron chi connectivity index (χ1n) is 8.44. The van der Waals surface area contributed by atoms with Gasteiger partial charge in [-0.25, -0.2) is 0 Å². The zero-order valence-corrected chi connectivity index (χ0v) is 15.6. The van der Waals surface area contributed by atoms with Crippen LogP contribution in [0.1, 0.15) is 58.6 Å². The average molecular weight is 352 g/mol. The van der Waals surface area contributed by atoms with Gasteiger partial charge in [-0.3, -0.25) is 14.6 Å². The highest BCUT2D eigenvalue weighted by Crippen LogP contribution is 2.32. The number of amides is 1. The molecule has 1 aromatic rings. The number of carbonyl (C=O) groups is 2. The molecule has 6 heteroatoms. The van der Waals surface area contributed by atoms with Crippen molar-refractivity contribution in [3.63, 3.8) is 0 Å². The summed E-state index contributed by atoms with van der Waals surface area (Å²) in [4.78, 5) is 28.5. The molecule has 0 aliphatic rings. The lowest BCUT2D eigenvalue weighted by atomic mass is 9.76. The molecule has 1 aromatic heterocycles. The minimum absolute atomic E-state index is 0.203. The van der Waals surface area contributed by atoms with Crippen molar-refractivity contribution < 1.29 is 14.7 Å². The average Bonchev–Trinajstić information content (AvgIpc) is 2.55. The normalized spacial score (nSPS) is 14.9. The topological polar surface area (TPSA) is 79.3 Å². The molecule has 1 heterocycles. The molecule has 24 heavy (non-hydrogen) atoms. The van der Waals surface area contributed by atoms with E-state index in [1.54, 1.807) is 18.2 Å². The number of carboxylic acids is 1. The predicted molar refractivity (Wildman–Crippen MR) is 97.8 cm³/mol. The molecule has 0 fully saturated rings. The van der Waals surface area contributed by atoms with E-state index < -0.39 is 17.3 Å². The number of carbonyl (C=O) groups excluding carboxylic acids is 1. The van der Waals surface area contributed by atoms with Crippen molar-refractivity contribution in [3.05, 3.63) is 30.1 Å². The Labute approximate surface area is 149 Å². The van der Waals surface area contributed by atoms with Crippen LogP contribution in [0, 0.1) is 11.8 Å². The van der Waals surface area contributed by atoms with Crippen molar-refractivity contribution in [3.8, 4) is 0 Å². The SMILES string of the molecule is CC(C)CCCC(C)CCC(C(=O)O)(C(=O)NS)c1ccccn1. The van der Waals surface area contributed by atoms with Gasteiger partial charge in [0.1, 0.15) is 0 Å². The van der Waals surface area contributed by atoms with Crippen molar-refractivity contribution in [2.45, 2.75) is 58.3 Å². The minimum Gasteiger partial charge on any atom is -0.480 e. The van der Waals surface area contributed by atoms with E-state index in [0.717, 1.165) is 19.3 Å². The number of nitrogens with one attached hydrogen (secondary N) is 1. The second-order valence-corrected chi connectivity index (χ2v) is 7.06. The second kappa shape index (κ2) is 9.67. The smallest absolute Gasteiger partial charge is 0.325 e. The Morgan fingerprint density at radius 3 is 2.46 bits per heavy atom. The van der Waals surface area contributed by atoms with Gasteiger partial charge in [0.05, 0.1) is 5.69 Å². The Hall–Kier alpha value is -1.56. The predicted octanol–water partition coefficient (Wildman–Crippen LogP) is 3.61. The fraction of sp³-hybridized carbons (Fsp3) is 0.611. The van der Waals surface area contributed by atoms with Gasteiger partial charge in [0.25, 0.3) is 5.91 Å². The van der Waals surface area contributed by atoms with E-state index in [1.807, 2.05) is 0 Å². The fourth-order valence-electron chi connectivity index (χ4n) is 2.86. The van der Waals surface area contributed by atoms with Gasteiger partial charge in [-0.1, -0.05) is 58.9 Å². The van der Waals surface area contributed by atoms with E-state index in [4.69, 9.17) is 0 Å². The van der Waals surface area contributed by atoms with Crippen LogP contribution in [0.4, 0.5) is 0 Å². The van der Waals surface area contributed by atoms with Gasteiger partial charge in [-0.05, 0) is 36.8 Å². The summed E-state index contributed by atoms with van der Waals surface area (Å²) in [6.45, 7) is 6.49. The third-order valence-electron chi connectivity index (χ3n) is 4.45. The quantitative estimate of drug-likeness (QED) is 0.444. The number of carboxylic acid groups (broad SMARTS) is 1. The number of hydrogen-bond acceptors (Lipinski definition) is 4. The summed E-state index contributed by atoms with van der Waals surface area (Å²) < 4.78 is 2.20. The molecule has 1 rings (SSSR count). The maximum atomic E-state index is 12.4. The molecule has 2 N–H and O–H groups in total. The summed E-state index contributed by atoms with van der Waals surface area (Å²) >= 11 is 3.79. The van der Waals surface area contributed by atoms with Crippen LogP contribution < -0.4 is 4.72 Å². The zero-order chi connectivity index (χ0) is 18.2. The molecule has 0 aliphatic heterocycles. The number of hydrogen-bond donors (Lipinski definition) is 3. The Morgan fingerprint density at radius 1 is 1.25 bits per heavy atom. The molecule has 5 nitrogen and oxygen atoms in total. The number of aliphatic carboxylic acids is 1. The second-order valence-electron chi connectivity index (χ2n) is 6.83. The lowest BCUT2D eigenvalue weighted by Crippen LogP contribution is -2.48. The maximum Gasteiger partial charge on any atom is 0.325 e.